The van der Waals surface area contributed by atoms with Crippen LogP contribution in [0.2, 0.25) is 0 Å². The molecule has 0 aromatic heterocycles. The SMILES string of the molecule is C=CCN1C(=O)C(=Cc2cc(OC)ccc2OC)SC1=Nc1ccccc1. The molecule has 0 N–H and O–H groups in total. The topological polar surface area (TPSA) is 51.1 Å². The van der Waals surface area contributed by atoms with Gasteiger partial charge in [0, 0.05) is 12.1 Å². The molecule has 1 fully saturated rings. The minimum absolute atomic E-state index is 0.112. The predicted octanol–water partition coefficient (Wildman–Crippen LogP) is 4.49. The Morgan fingerprint density at radius 2 is 1.93 bits per heavy atom. The smallest absolute Gasteiger partial charge is 0.267 e. The van der Waals surface area contributed by atoms with Crippen LogP contribution < -0.4 is 9.47 Å². The molecule has 138 valence electrons. The van der Waals surface area contributed by atoms with Crippen molar-refractivity contribution in [2.75, 3.05) is 20.8 Å². The molecule has 3 rings (SSSR count). The molecule has 0 radical (unpaired) electrons. The van der Waals surface area contributed by atoms with E-state index in [4.69, 9.17) is 9.47 Å². The minimum atomic E-state index is -0.112. The Hall–Kier alpha value is -2.99. The second kappa shape index (κ2) is 8.60. The summed E-state index contributed by atoms with van der Waals surface area (Å²) in [5, 5.41) is 0.624. The van der Waals surface area contributed by atoms with Gasteiger partial charge in [0.25, 0.3) is 5.91 Å². The fourth-order valence-electron chi connectivity index (χ4n) is 2.59. The zero-order chi connectivity index (χ0) is 19.2. The van der Waals surface area contributed by atoms with Crippen LogP contribution in [0, 0.1) is 0 Å². The third-order valence-corrected chi connectivity index (χ3v) is 4.91. The van der Waals surface area contributed by atoms with E-state index in [2.05, 4.69) is 11.6 Å². The number of thioether (sulfide) groups is 1. The summed E-state index contributed by atoms with van der Waals surface area (Å²) < 4.78 is 10.7. The van der Waals surface area contributed by atoms with Gasteiger partial charge in [0.05, 0.1) is 24.8 Å². The van der Waals surface area contributed by atoms with Gasteiger partial charge < -0.3 is 9.47 Å². The summed E-state index contributed by atoms with van der Waals surface area (Å²) in [7, 11) is 3.20. The summed E-state index contributed by atoms with van der Waals surface area (Å²) in [6.45, 7) is 4.14. The van der Waals surface area contributed by atoms with Crippen molar-refractivity contribution in [3.05, 3.63) is 71.7 Å². The standard InChI is InChI=1S/C21H20N2O3S/c1-4-12-23-20(24)19(27-21(23)22-16-8-6-5-7-9-16)14-15-13-17(25-2)10-11-18(15)26-3/h4-11,13-14H,1,12H2,2-3H3. The maximum absolute atomic E-state index is 12.9. The van der Waals surface area contributed by atoms with Crippen LogP contribution in [0.25, 0.3) is 6.08 Å². The van der Waals surface area contributed by atoms with E-state index in [1.165, 1.54) is 11.8 Å². The van der Waals surface area contributed by atoms with E-state index in [-0.39, 0.29) is 5.91 Å². The van der Waals surface area contributed by atoms with Gasteiger partial charge in [-0.2, -0.15) is 0 Å². The largest absolute Gasteiger partial charge is 0.497 e. The van der Waals surface area contributed by atoms with Gasteiger partial charge in [-0.3, -0.25) is 9.69 Å². The summed E-state index contributed by atoms with van der Waals surface area (Å²) in [6.07, 6.45) is 3.49. The number of hydrogen-bond donors (Lipinski definition) is 0. The van der Waals surface area contributed by atoms with Crippen molar-refractivity contribution >= 4 is 34.6 Å². The fourth-order valence-corrected chi connectivity index (χ4v) is 3.59. The second-order valence-corrected chi connectivity index (χ2v) is 6.66. The van der Waals surface area contributed by atoms with E-state index < -0.39 is 0 Å². The first-order valence-corrected chi connectivity index (χ1v) is 9.16. The molecule has 1 aliphatic rings. The Labute approximate surface area is 163 Å². The number of amides is 1. The third kappa shape index (κ3) is 4.23. The Bertz CT molecular complexity index is 907. The fraction of sp³-hybridized carbons (Fsp3) is 0.143. The van der Waals surface area contributed by atoms with E-state index in [1.807, 2.05) is 48.5 Å². The Morgan fingerprint density at radius 1 is 1.15 bits per heavy atom. The number of carbonyl (C=O) groups is 1. The molecular weight excluding hydrogens is 360 g/mol. The number of carbonyl (C=O) groups excluding carboxylic acids is 1. The van der Waals surface area contributed by atoms with Gasteiger partial charge in [-0.25, -0.2) is 4.99 Å². The van der Waals surface area contributed by atoms with Gasteiger partial charge in [-0.15, -0.1) is 6.58 Å². The molecule has 0 bridgehead atoms. The van der Waals surface area contributed by atoms with E-state index >= 15 is 0 Å². The van der Waals surface area contributed by atoms with E-state index in [9.17, 15) is 4.79 Å². The number of ether oxygens (including phenoxy) is 2. The van der Waals surface area contributed by atoms with Crippen LogP contribution in [0.3, 0.4) is 0 Å². The molecule has 6 heteroatoms. The van der Waals surface area contributed by atoms with Gasteiger partial charge >= 0.3 is 0 Å². The first-order chi connectivity index (χ1) is 13.2. The van der Waals surface area contributed by atoms with Crippen LogP contribution in [0.5, 0.6) is 11.5 Å². The summed E-state index contributed by atoms with van der Waals surface area (Å²) in [4.78, 5) is 19.7. The molecule has 2 aromatic carbocycles. The molecule has 0 spiro atoms. The van der Waals surface area contributed by atoms with Gasteiger partial charge in [0.2, 0.25) is 0 Å². The van der Waals surface area contributed by atoms with Crippen molar-refractivity contribution in [3.63, 3.8) is 0 Å². The maximum atomic E-state index is 12.9. The van der Waals surface area contributed by atoms with Crippen LogP contribution in [0.4, 0.5) is 5.69 Å². The van der Waals surface area contributed by atoms with Crippen LogP contribution in [0.15, 0.2) is 71.1 Å². The Kier molecular flexibility index (Phi) is 5.98. The van der Waals surface area contributed by atoms with Crippen LogP contribution in [0.1, 0.15) is 5.56 Å². The number of aliphatic imine (C=N–C) groups is 1. The lowest BCUT2D eigenvalue weighted by atomic mass is 10.1. The van der Waals surface area contributed by atoms with Gasteiger partial charge in [0.15, 0.2) is 5.17 Å². The number of methoxy groups -OCH3 is 2. The average molecular weight is 380 g/mol. The monoisotopic (exact) mass is 380 g/mol. The molecule has 1 aliphatic heterocycles. The van der Waals surface area contributed by atoms with Crippen LogP contribution in [-0.2, 0) is 4.79 Å². The number of hydrogen-bond acceptors (Lipinski definition) is 5. The Morgan fingerprint density at radius 3 is 2.59 bits per heavy atom. The van der Waals surface area contributed by atoms with Crippen molar-refractivity contribution in [3.8, 4) is 11.5 Å². The number of rotatable bonds is 6. The van der Waals surface area contributed by atoms with Crippen LogP contribution in [-0.4, -0.2) is 36.7 Å². The molecule has 0 saturated carbocycles. The summed E-state index contributed by atoms with van der Waals surface area (Å²) >= 11 is 1.33. The highest BCUT2D eigenvalue weighted by atomic mass is 32.2. The first kappa shape index (κ1) is 18.8. The molecule has 5 nitrogen and oxygen atoms in total. The lowest BCUT2D eigenvalue weighted by molar-refractivity contribution is -0.121. The molecule has 0 atom stereocenters. The normalized spacial score (nSPS) is 16.8. The van der Waals surface area contributed by atoms with E-state index in [0.717, 1.165) is 11.3 Å². The summed E-state index contributed by atoms with van der Waals surface area (Å²) in [5.41, 5.74) is 1.56. The highest BCUT2D eigenvalue weighted by molar-refractivity contribution is 8.18. The highest BCUT2D eigenvalue weighted by Gasteiger charge is 2.32. The van der Waals surface area contributed by atoms with Gasteiger partial charge in [0.1, 0.15) is 11.5 Å². The summed E-state index contributed by atoms with van der Waals surface area (Å²) in [6, 6.07) is 15.0. The zero-order valence-electron chi connectivity index (χ0n) is 15.2. The lowest BCUT2D eigenvalue weighted by Crippen LogP contribution is -2.29. The number of para-hydroxylation sites is 1. The molecular formula is C21H20N2O3S. The van der Waals surface area contributed by atoms with Crippen LogP contribution >= 0.6 is 11.8 Å². The highest BCUT2D eigenvalue weighted by Crippen LogP contribution is 2.36. The van der Waals surface area contributed by atoms with Crippen molar-refractivity contribution in [1.82, 2.24) is 4.90 Å². The van der Waals surface area contributed by atoms with Crippen molar-refractivity contribution in [2.24, 2.45) is 4.99 Å². The molecule has 1 amide bonds. The van der Waals surface area contributed by atoms with E-state index in [0.29, 0.717) is 28.1 Å². The number of amidine groups is 1. The number of nitrogens with zero attached hydrogens (tertiary/aromatic N) is 2. The second-order valence-electron chi connectivity index (χ2n) is 5.65. The third-order valence-electron chi connectivity index (χ3n) is 3.90. The Balaban J connectivity index is 2.00. The van der Waals surface area contributed by atoms with Gasteiger partial charge in [-0.1, -0.05) is 24.3 Å². The van der Waals surface area contributed by atoms with Crippen molar-refractivity contribution < 1.29 is 14.3 Å². The maximum Gasteiger partial charge on any atom is 0.267 e. The molecule has 1 saturated heterocycles. The molecule has 27 heavy (non-hydrogen) atoms. The zero-order valence-corrected chi connectivity index (χ0v) is 16.0. The lowest BCUT2D eigenvalue weighted by Gasteiger charge is -2.12. The van der Waals surface area contributed by atoms with E-state index in [1.54, 1.807) is 31.3 Å². The molecule has 0 aliphatic carbocycles. The predicted molar refractivity (Wildman–Crippen MR) is 111 cm³/mol. The molecule has 0 unspecified atom stereocenters. The molecule has 1 heterocycles. The van der Waals surface area contributed by atoms with Crippen molar-refractivity contribution in [1.29, 1.82) is 0 Å². The number of benzene rings is 2. The minimum Gasteiger partial charge on any atom is -0.497 e. The molecule has 2 aromatic rings. The quantitative estimate of drug-likeness (QED) is 0.547. The van der Waals surface area contributed by atoms with Gasteiger partial charge in [-0.05, 0) is 48.2 Å². The first-order valence-electron chi connectivity index (χ1n) is 8.34. The van der Waals surface area contributed by atoms with Crippen molar-refractivity contribution in [2.45, 2.75) is 0 Å². The average Bonchev–Trinajstić information content (AvgIpc) is 2.98. The summed E-state index contributed by atoms with van der Waals surface area (Å²) in [5.74, 6) is 1.25.